The molecule has 2 amide bonds. The third kappa shape index (κ3) is 8.38. The lowest BCUT2D eigenvalue weighted by Gasteiger charge is -2.18. The van der Waals surface area contributed by atoms with E-state index < -0.39 is 74.1 Å². The Morgan fingerprint density at radius 3 is 2.10 bits per heavy atom. The van der Waals surface area contributed by atoms with Gasteiger partial charge in [0.1, 0.15) is 17.7 Å². The van der Waals surface area contributed by atoms with E-state index in [4.69, 9.17) is 0 Å². The molecule has 270 valence electrons. The van der Waals surface area contributed by atoms with E-state index >= 15 is 8.78 Å². The fourth-order valence-corrected chi connectivity index (χ4v) is 5.83. The number of hydrogen-bond donors (Lipinski definition) is 5. The highest BCUT2D eigenvalue weighted by Gasteiger charge is 2.26. The van der Waals surface area contributed by atoms with Crippen LogP contribution in [0.2, 0.25) is 0 Å². The van der Waals surface area contributed by atoms with Gasteiger partial charge in [-0.05, 0) is 55.0 Å². The zero-order valence-electron chi connectivity index (χ0n) is 28.1. The first-order valence-electron chi connectivity index (χ1n) is 15.2. The Bertz CT molecular complexity index is 2240. The van der Waals surface area contributed by atoms with Gasteiger partial charge in [0.2, 0.25) is 5.91 Å². The van der Waals surface area contributed by atoms with Crippen LogP contribution >= 0.6 is 0 Å². The van der Waals surface area contributed by atoms with E-state index in [2.05, 4.69) is 10.6 Å². The number of carbonyl (C=O) groups excluding carboxylic acids is 2. The molecule has 14 nitrogen and oxygen atoms in total. The Balaban J connectivity index is 1.49. The fraction of sp³-hybridized carbons (Fsp3) is 0.265. The number of carbonyl (C=O) groups is 3. The maximum absolute atomic E-state index is 15.1. The van der Waals surface area contributed by atoms with Crippen LogP contribution in [0.4, 0.5) is 20.2 Å². The molecule has 0 spiro atoms. The molecule has 3 aromatic carbocycles. The molecule has 0 aliphatic rings. The van der Waals surface area contributed by atoms with Crippen LogP contribution in [0.25, 0.3) is 5.69 Å². The van der Waals surface area contributed by atoms with Gasteiger partial charge in [-0.15, -0.1) is 0 Å². The first-order chi connectivity index (χ1) is 23.7. The van der Waals surface area contributed by atoms with E-state index in [0.717, 1.165) is 16.7 Å². The summed E-state index contributed by atoms with van der Waals surface area (Å²) in [6.45, 7) is 5.99. The smallest absolute Gasteiger partial charge is 0.335 e. The van der Waals surface area contributed by atoms with E-state index in [1.165, 1.54) is 54.9 Å². The number of sulfonamides is 1. The highest BCUT2D eigenvalue weighted by atomic mass is 32.2. The molecule has 4 aromatic rings. The van der Waals surface area contributed by atoms with Gasteiger partial charge in [0.05, 0.1) is 34.0 Å². The number of carboxylic acid groups (broad SMARTS) is 1. The lowest BCUT2D eigenvalue weighted by molar-refractivity contribution is -0.139. The topological polar surface area (TPSA) is 206 Å². The molecule has 0 aliphatic carbocycles. The highest BCUT2D eigenvalue weighted by molar-refractivity contribution is 7.92. The number of aromatic nitrogens is 2. The minimum atomic E-state index is -4.45. The van der Waals surface area contributed by atoms with Crippen molar-refractivity contribution in [3.8, 4) is 5.69 Å². The molecule has 51 heavy (non-hydrogen) atoms. The first-order valence-corrected chi connectivity index (χ1v) is 16.7. The number of benzene rings is 3. The van der Waals surface area contributed by atoms with Crippen LogP contribution in [-0.2, 0) is 39.7 Å². The quantitative estimate of drug-likeness (QED) is 0.154. The SMILES string of the molecule is Cc1c(CO)c(=O)n(-c2ccc(C[C@H](NC(=O)c3cc(F)c(NS(=O)(=O)c4ccc(NC(=O)C(C)(C)C)cc4)cc3F)C(=O)O)cc2)c(=O)n1C. The molecule has 0 fully saturated rings. The molecule has 0 saturated carbocycles. The van der Waals surface area contributed by atoms with Crippen LogP contribution < -0.4 is 26.6 Å². The summed E-state index contributed by atoms with van der Waals surface area (Å²) < 4.78 is 59.8. The number of anilines is 2. The number of hydrogen-bond acceptors (Lipinski definition) is 8. The standard InChI is InChI=1S/C34H35F2N5O9S/c1-18-24(17-42)30(44)41(33(48)40(18)5)21-10-6-19(7-11-21)14-28(31(45)46)38-29(43)23-15-26(36)27(16-25(23)35)39-51(49,50)22-12-8-20(9-13-22)37-32(47)34(2,3)4/h6-13,15-16,28,39,42H,14,17H2,1-5H3,(H,37,47)(H,38,43)(H,45,46)/t28-/m0/s1. The van der Waals surface area contributed by atoms with E-state index in [1.54, 1.807) is 20.8 Å². The molecule has 4 rings (SSSR count). The molecule has 5 N–H and O–H groups in total. The van der Waals surface area contributed by atoms with Crippen LogP contribution in [0.15, 0.2) is 75.1 Å². The fourth-order valence-electron chi connectivity index (χ4n) is 4.77. The summed E-state index contributed by atoms with van der Waals surface area (Å²) in [6.07, 6.45) is -0.343. The number of nitrogens with zero attached hydrogens (tertiary/aromatic N) is 2. The molecular formula is C34H35F2N5O9S. The number of aliphatic hydroxyl groups is 1. The predicted molar refractivity (Wildman–Crippen MR) is 182 cm³/mol. The summed E-state index contributed by atoms with van der Waals surface area (Å²) in [5.41, 5.74) is -2.77. The van der Waals surface area contributed by atoms with Crippen molar-refractivity contribution >= 4 is 39.2 Å². The van der Waals surface area contributed by atoms with Crippen LogP contribution in [0.5, 0.6) is 0 Å². The highest BCUT2D eigenvalue weighted by Crippen LogP contribution is 2.25. The van der Waals surface area contributed by atoms with Crippen molar-refractivity contribution in [1.29, 1.82) is 0 Å². The predicted octanol–water partition coefficient (Wildman–Crippen LogP) is 2.83. The second-order valence-corrected chi connectivity index (χ2v) is 14.3. The van der Waals surface area contributed by atoms with Crippen LogP contribution in [0, 0.1) is 24.0 Å². The number of rotatable bonds is 11. The lowest BCUT2D eigenvalue weighted by atomic mass is 9.95. The van der Waals surface area contributed by atoms with Crippen molar-refractivity contribution in [2.75, 3.05) is 10.0 Å². The van der Waals surface area contributed by atoms with Crippen LogP contribution in [-0.4, -0.2) is 51.6 Å². The molecule has 0 radical (unpaired) electrons. The van der Waals surface area contributed by atoms with Gasteiger partial charge in [0, 0.05) is 36.3 Å². The summed E-state index contributed by atoms with van der Waals surface area (Å²) in [4.78, 5) is 62.4. The van der Waals surface area contributed by atoms with Crippen molar-refractivity contribution in [3.05, 3.63) is 116 Å². The van der Waals surface area contributed by atoms with E-state index in [9.17, 15) is 42.6 Å². The molecule has 1 aromatic heterocycles. The molecule has 0 unspecified atom stereocenters. The summed E-state index contributed by atoms with van der Waals surface area (Å²) in [5, 5.41) is 24.1. The van der Waals surface area contributed by atoms with Gasteiger partial charge >= 0.3 is 11.7 Å². The Kier molecular flexibility index (Phi) is 11.0. The van der Waals surface area contributed by atoms with Gasteiger partial charge in [-0.25, -0.2) is 31.4 Å². The van der Waals surface area contributed by atoms with Gasteiger partial charge in [-0.2, -0.15) is 0 Å². The Morgan fingerprint density at radius 2 is 1.55 bits per heavy atom. The van der Waals surface area contributed by atoms with Crippen molar-refractivity contribution in [1.82, 2.24) is 14.5 Å². The Hall–Kier alpha value is -5.68. The second kappa shape index (κ2) is 14.7. The summed E-state index contributed by atoms with van der Waals surface area (Å²) in [6, 6.07) is 9.67. The van der Waals surface area contributed by atoms with Crippen LogP contribution in [0.3, 0.4) is 0 Å². The number of halogens is 2. The van der Waals surface area contributed by atoms with E-state index in [1.807, 2.05) is 4.72 Å². The second-order valence-electron chi connectivity index (χ2n) is 12.6. The van der Waals surface area contributed by atoms with Crippen molar-refractivity contribution in [3.63, 3.8) is 0 Å². The van der Waals surface area contributed by atoms with Crippen molar-refractivity contribution in [2.24, 2.45) is 12.5 Å². The van der Waals surface area contributed by atoms with Gasteiger partial charge in [0.25, 0.3) is 21.5 Å². The van der Waals surface area contributed by atoms with Crippen molar-refractivity contribution < 1.29 is 41.8 Å². The maximum Gasteiger partial charge on any atom is 0.335 e. The number of carboxylic acids is 1. The summed E-state index contributed by atoms with van der Waals surface area (Å²) in [7, 11) is -3.02. The van der Waals surface area contributed by atoms with Gasteiger partial charge in [-0.3, -0.25) is 19.1 Å². The Morgan fingerprint density at radius 1 is 0.941 bits per heavy atom. The third-order valence-corrected chi connectivity index (χ3v) is 9.31. The molecule has 1 heterocycles. The third-order valence-electron chi connectivity index (χ3n) is 7.92. The normalized spacial score (nSPS) is 12.2. The zero-order chi connectivity index (χ0) is 38.0. The number of amides is 2. The van der Waals surface area contributed by atoms with Gasteiger partial charge in [-0.1, -0.05) is 32.9 Å². The van der Waals surface area contributed by atoms with Crippen LogP contribution in [0.1, 0.15) is 48.0 Å². The first kappa shape index (κ1) is 38.1. The zero-order valence-corrected chi connectivity index (χ0v) is 28.9. The minimum Gasteiger partial charge on any atom is -0.480 e. The largest absolute Gasteiger partial charge is 0.480 e. The number of nitrogens with one attached hydrogen (secondary N) is 3. The number of aliphatic carboxylic acids is 1. The average Bonchev–Trinajstić information content (AvgIpc) is 3.05. The lowest BCUT2D eigenvalue weighted by Crippen LogP contribution is -2.42. The average molecular weight is 728 g/mol. The molecule has 0 saturated heterocycles. The Labute approximate surface area is 290 Å². The molecule has 1 atom stereocenters. The number of aliphatic hydroxyl groups excluding tert-OH is 1. The van der Waals surface area contributed by atoms with Gasteiger partial charge in [0.15, 0.2) is 0 Å². The van der Waals surface area contributed by atoms with E-state index in [0.29, 0.717) is 29.1 Å². The van der Waals surface area contributed by atoms with Crippen molar-refractivity contribution in [2.45, 2.75) is 51.7 Å². The van der Waals surface area contributed by atoms with Gasteiger partial charge < -0.3 is 25.4 Å². The summed E-state index contributed by atoms with van der Waals surface area (Å²) in [5.74, 6) is -5.81. The maximum atomic E-state index is 15.1. The molecule has 0 aliphatic heterocycles. The molecular weight excluding hydrogens is 692 g/mol. The molecule has 17 heteroatoms. The minimum absolute atomic E-state index is 0.0122. The summed E-state index contributed by atoms with van der Waals surface area (Å²) >= 11 is 0. The monoisotopic (exact) mass is 727 g/mol. The van der Waals surface area contributed by atoms with E-state index in [-0.39, 0.29) is 28.5 Å². The molecule has 0 bridgehead atoms.